The minimum Gasteiger partial charge on any atom is -0.348 e. The second kappa shape index (κ2) is 6.81. The minimum atomic E-state index is -3.75. The molecule has 1 aromatic heterocycles. The third kappa shape index (κ3) is 3.64. The molecule has 0 aliphatic carbocycles. The molecular weight excluding hydrogens is 366 g/mol. The van der Waals surface area contributed by atoms with E-state index < -0.39 is 21.8 Å². The average Bonchev–Trinajstić information content (AvgIpc) is 2.87. The Kier molecular flexibility index (Phi) is 4.73. The first-order chi connectivity index (χ1) is 11.9. The summed E-state index contributed by atoms with van der Waals surface area (Å²) in [6.07, 6.45) is 3.13. The Morgan fingerprint density at radius 1 is 1.24 bits per heavy atom. The van der Waals surface area contributed by atoms with Gasteiger partial charge in [0.2, 0.25) is 15.9 Å². The van der Waals surface area contributed by atoms with Crippen LogP contribution < -0.4 is 9.62 Å². The average molecular weight is 380 g/mol. The van der Waals surface area contributed by atoms with E-state index in [1.165, 1.54) is 18.2 Å². The quantitative estimate of drug-likeness (QED) is 0.872. The van der Waals surface area contributed by atoms with Crippen LogP contribution in [0, 0.1) is 0 Å². The Labute approximate surface area is 149 Å². The fourth-order valence-corrected chi connectivity index (χ4v) is 4.16. The Balaban J connectivity index is 1.84. The Morgan fingerprint density at radius 3 is 2.60 bits per heavy atom. The van der Waals surface area contributed by atoms with E-state index in [0.717, 1.165) is 5.56 Å². The highest BCUT2D eigenvalue weighted by Gasteiger charge is 2.37. The molecule has 1 saturated heterocycles. The number of sulfonamides is 1. The van der Waals surface area contributed by atoms with Gasteiger partial charge in [-0.1, -0.05) is 11.6 Å². The van der Waals surface area contributed by atoms with Gasteiger partial charge in [-0.3, -0.25) is 14.6 Å². The van der Waals surface area contributed by atoms with Gasteiger partial charge in [-0.25, -0.2) is 12.7 Å². The molecule has 0 spiro atoms. The van der Waals surface area contributed by atoms with Gasteiger partial charge in [0.25, 0.3) is 5.91 Å². The summed E-state index contributed by atoms with van der Waals surface area (Å²) in [6, 6.07) is 7.72. The number of halogens is 1. The molecule has 1 fully saturated rings. The number of aromatic nitrogens is 1. The molecule has 1 aliphatic rings. The third-order valence-corrected chi connectivity index (χ3v) is 5.70. The van der Waals surface area contributed by atoms with Crippen LogP contribution in [0.5, 0.6) is 0 Å². The van der Waals surface area contributed by atoms with Crippen molar-refractivity contribution in [1.29, 1.82) is 0 Å². The minimum absolute atomic E-state index is 0.000674. The highest BCUT2D eigenvalue weighted by atomic mass is 35.5. The molecule has 0 radical (unpaired) electrons. The van der Waals surface area contributed by atoms with E-state index in [1.807, 2.05) is 0 Å². The van der Waals surface area contributed by atoms with Gasteiger partial charge in [0.1, 0.15) is 0 Å². The van der Waals surface area contributed by atoms with Crippen LogP contribution >= 0.6 is 11.6 Å². The van der Waals surface area contributed by atoms with Crippen molar-refractivity contribution >= 4 is 39.1 Å². The van der Waals surface area contributed by atoms with E-state index in [2.05, 4.69) is 10.3 Å². The molecule has 9 heteroatoms. The van der Waals surface area contributed by atoms with E-state index in [-0.39, 0.29) is 28.4 Å². The van der Waals surface area contributed by atoms with Gasteiger partial charge in [0.05, 0.1) is 16.5 Å². The lowest BCUT2D eigenvalue weighted by Gasteiger charge is -2.17. The van der Waals surface area contributed by atoms with Crippen molar-refractivity contribution in [3.8, 4) is 0 Å². The summed E-state index contributed by atoms with van der Waals surface area (Å²) >= 11 is 6.05. The first-order valence-electron chi connectivity index (χ1n) is 7.41. The van der Waals surface area contributed by atoms with E-state index in [4.69, 9.17) is 11.6 Å². The predicted molar refractivity (Wildman–Crippen MR) is 92.7 cm³/mol. The van der Waals surface area contributed by atoms with E-state index in [9.17, 15) is 18.0 Å². The van der Waals surface area contributed by atoms with Crippen molar-refractivity contribution in [3.63, 3.8) is 0 Å². The first kappa shape index (κ1) is 17.4. The van der Waals surface area contributed by atoms with Crippen LogP contribution in [0.3, 0.4) is 0 Å². The third-order valence-electron chi connectivity index (χ3n) is 3.71. The molecule has 25 heavy (non-hydrogen) atoms. The number of hydrogen-bond donors (Lipinski definition) is 1. The summed E-state index contributed by atoms with van der Waals surface area (Å²) in [5.41, 5.74) is 1.08. The normalized spacial score (nSPS) is 16.0. The predicted octanol–water partition coefficient (Wildman–Crippen LogP) is 1.73. The van der Waals surface area contributed by atoms with E-state index in [0.29, 0.717) is 10.8 Å². The summed E-state index contributed by atoms with van der Waals surface area (Å²) < 4.78 is 24.8. The van der Waals surface area contributed by atoms with Crippen LogP contribution in [0.15, 0.2) is 42.7 Å². The van der Waals surface area contributed by atoms with Gasteiger partial charge in [0.15, 0.2) is 0 Å². The molecule has 0 atom stereocenters. The fraction of sp³-hybridized carbons (Fsp3) is 0.188. The van der Waals surface area contributed by atoms with E-state index >= 15 is 0 Å². The number of hydrogen-bond acceptors (Lipinski definition) is 5. The largest absolute Gasteiger partial charge is 0.348 e. The molecule has 0 saturated carbocycles. The van der Waals surface area contributed by atoms with Crippen molar-refractivity contribution in [2.75, 3.05) is 10.1 Å². The molecule has 0 bridgehead atoms. The van der Waals surface area contributed by atoms with Gasteiger partial charge >= 0.3 is 0 Å². The zero-order valence-corrected chi connectivity index (χ0v) is 14.5. The van der Waals surface area contributed by atoms with Crippen LogP contribution in [0.4, 0.5) is 5.69 Å². The Morgan fingerprint density at radius 2 is 1.96 bits per heavy atom. The lowest BCUT2D eigenvalue weighted by Crippen LogP contribution is -2.30. The molecule has 1 aromatic carbocycles. The van der Waals surface area contributed by atoms with Gasteiger partial charge in [0, 0.05) is 30.9 Å². The maximum Gasteiger partial charge on any atom is 0.251 e. The number of anilines is 1. The number of nitrogens with zero attached hydrogens (tertiary/aromatic N) is 2. The maximum absolute atomic E-state index is 12.3. The highest BCUT2D eigenvalue weighted by molar-refractivity contribution is 7.94. The van der Waals surface area contributed by atoms with Crippen molar-refractivity contribution in [1.82, 2.24) is 10.3 Å². The van der Waals surface area contributed by atoms with Crippen molar-refractivity contribution in [3.05, 3.63) is 58.9 Å². The van der Waals surface area contributed by atoms with Crippen LogP contribution in [0.2, 0.25) is 5.02 Å². The number of rotatable bonds is 4. The van der Waals surface area contributed by atoms with Crippen LogP contribution in [-0.2, 0) is 21.4 Å². The SMILES string of the molecule is O=C(NCc1ccncc1)c1ccc(Cl)c(N2C(=O)CCS2(=O)=O)c1. The number of benzene rings is 1. The molecule has 2 heterocycles. The lowest BCUT2D eigenvalue weighted by molar-refractivity contribution is -0.116. The lowest BCUT2D eigenvalue weighted by atomic mass is 10.1. The molecule has 1 N–H and O–H groups in total. The highest BCUT2D eigenvalue weighted by Crippen LogP contribution is 2.32. The second-order valence-electron chi connectivity index (χ2n) is 5.43. The molecular formula is C16H14ClN3O4S. The topological polar surface area (TPSA) is 96.4 Å². The Bertz CT molecular complexity index is 932. The molecule has 1 aliphatic heterocycles. The van der Waals surface area contributed by atoms with Gasteiger partial charge in [-0.2, -0.15) is 0 Å². The number of carbonyl (C=O) groups excluding carboxylic acids is 2. The summed E-state index contributed by atoms with van der Waals surface area (Å²) in [5, 5.41) is 2.81. The molecule has 130 valence electrons. The molecule has 0 unspecified atom stereocenters. The van der Waals surface area contributed by atoms with Crippen LogP contribution in [-0.4, -0.2) is 31.0 Å². The van der Waals surface area contributed by atoms with Gasteiger partial charge in [-0.15, -0.1) is 0 Å². The molecule has 2 amide bonds. The van der Waals surface area contributed by atoms with Crippen molar-refractivity contribution in [2.24, 2.45) is 0 Å². The first-order valence-corrected chi connectivity index (χ1v) is 9.40. The number of nitrogens with one attached hydrogen (secondary N) is 1. The Hall–Kier alpha value is -2.45. The standard InChI is InChI=1S/C16H14ClN3O4S/c17-13-2-1-12(16(22)19-10-11-3-6-18-7-4-11)9-14(13)20-15(21)5-8-25(20,23)24/h1-4,6-7,9H,5,8,10H2,(H,19,22). The summed E-state index contributed by atoms with van der Waals surface area (Å²) in [5.74, 6) is -1.23. The summed E-state index contributed by atoms with van der Waals surface area (Å²) in [7, 11) is -3.75. The second-order valence-corrected chi connectivity index (χ2v) is 7.77. The van der Waals surface area contributed by atoms with Crippen LogP contribution in [0.25, 0.3) is 0 Å². The number of carbonyl (C=O) groups is 2. The summed E-state index contributed by atoms with van der Waals surface area (Å²) in [4.78, 5) is 28.1. The smallest absolute Gasteiger partial charge is 0.251 e. The maximum atomic E-state index is 12.3. The zero-order chi connectivity index (χ0) is 18.0. The van der Waals surface area contributed by atoms with E-state index in [1.54, 1.807) is 24.5 Å². The molecule has 2 aromatic rings. The monoisotopic (exact) mass is 379 g/mol. The fourth-order valence-electron chi connectivity index (χ4n) is 2.44. The van der Waals surface area contributed by atoms with Gasteiger partial charge < -0.3 is 5.32 Å². The number of pyridine rings is 1. The molecule has 3 rings (SSSR count). The zero-order valence-electron chi connectivity index (χ0n) is 13.0. The van der Waals surface area contributed by atoms with Crippen LogP contribution in [0.1, 0.15) is 22.3 Å². The number of amides is 2. The van der Waals surface area contributed by atoms with Gasteiger partial charge in [-0.05, 0) is 35.9 Å². The molecule has 7 nitrogen and oxygen atoms in total. The van der Waals surface area contributed by atoms with Crippen molar-refractivity contribution < 1.29 is 18.0 Å². The summed E-state index contributed by atoms with van der Waals surface area (Å²) in [6.45, 7) is 0.292. The van der Waals surface area contributed by atoms with Crippen molar-refractivity contribution in [2.45, 2.75) is 13.0 Å².